The molecule has 0 aromatic rings. The van der Waals surface area contributed by atoms with E-state index in [0.29, 0.717) is 0 Å². The number of hydrogen-bond donors (Lipinski definition) is 0. The molecule has 0 aliphatic heterocycles. The van der Waals surface area contributed by atoms with E-state index >= 15 is 0 Å². The van der Waals surface area contributed by atoms with Crippen molar-refractivity contribution < 1.29 is 19.2 Å². The highest BCUT2D eigenvalue weighted by Gasteiger charge is 2.23. The van der Waals surface area contributed by atoms with Crippen LogP contribution >= 0.6 is 15.9 Å². The van der Waals surface area contributed by atoms with E-state index in [1.807, 2.05) is 0 Å². The number of carbonyl (C=O) groups excluding carboxylic acids is 2. The molecule has 96 valence electrons. The highest BCUT2D eigenvalue weighted by Crippen LogP contribution is 2.21. The molecule has 0 amide bonds. The molecule has 1 aliphatic carbocycles. The molecule has 1 saturated carbocycles. The van der Waals surface area contributed by atoms with Crippen LogP contribution in [0.5, 0.6) is 0 Å². The molecule has 1 fully saturated rings. The summed E-state index contributed by atoms with van der Waals surface area (Å²) in [4.78, 5) is 28.1. The molecule has 0 saturated heterocycles. The maximum absolute atomic E-state index is 11.5. The average molecular weight is 306 g/mol. The number of ether oxygens (including phenoxy) is 1. The van der Waals surface area contributed by atoms with E-state index in [-0.39, 0.29) is 23.8 Å². The Kier molecular flexibility index (Phi) is 6.18. The Hall–Kier alpha value is -0.910. The number of alkyl halides is 1. The predicted molar refractivity (Wildman–Crippen MR) is 66.2 cm³/mol. The van der Waals surface area contributed by atoms with Crippen LogP contribution in [0.4, 0.5) is 0 Å². The molecular formula is C11H16BrNO4. The number of Topliss-reactive ketones (excluding diaryl/α,β-unsaturated/α-hetero) is 1. The molecule has 0 heterocycles. The van der Waals surface area contributed by atoms with Gasteiger partial charge in [0.25, 0.3) is 0 Å². The fraction of sp³-hybridized carbons (Fsp3) is 0.727. The summed E-state index contributed by atoms with van der Waals surface area (Å²) >= 11 is 2.99. The number of oxime groups is 1. The largest absolute Gasteiger partial charge is 0.461 e. The topological polar surface area (TPSA) is 65.0 Å². The van der Waals surface area contributed by atoms with Gasteiger partial charge in [-0.05, 0) is 32.6 Å². The first-order valence-corrected chi connectivity index (χ1v) is 6.81. The van der Waals surface area contributed by atoms with Gasteiger partial charge >= 0.3 is 5.97 Å². The summed E-state index contributed by atoms with van der Waals surface area (Å²) in [6.07, 6.45) is 4.05. The summed E-state index contributed by atoms with van der Waals surface area (Å²) in [7, 11) is 0. The monoisotopic (exact) mass is 305 g/mol. The first-order chi connectivity index (χ1) is 8.19. The third-order valence-corrected chi connectivity index (χ3v) is 2.96. The Morgan fingerprint density at radius 1 is 1.35 bits per heavy atom. The van der Waals surface area contributed by atoms with Crippen LogP contribution in [-0.2, 0) is 19.2 Å². The molecule has 1 aliphatic rings. The van der Waals surface area contributed by atoms with Gasteiger partial charge in [-0.25, -0.2) is 4.79 Å². The van der Waals surface area contributed by atoms with E-state index in [2.05, 4.69) is 21.1 Å². The zero-order chi connectivity index (χ0) is 12.7. The third-order valence-electron chi connectivity index (χ3n) is 2.45. The maximum Gasteiger partial charge on any atom is 0.364 e. The van der Waals surface area contributed by atoms with Gasteiger partial charge in [-0.1, -0.05) is 21.1 Å². The molecule has 0 unspecified atom stereocenters. The van der Waals surface area contributed by atoms with E-state index in [4.69, 9.17) is 9.57 Å². The van der Waals surface area contributed by atoms with Gasteiger partial charge in [-0.2, -0.15) is 0 Å². The van der Waals surface area contributed by atoms with E-state index < -0.39 is 11.8 Å². The Bertz CT molecular complexity index is 311. The molecule has 0 radical (unpaired) electrons. The van der Waals surface area contributed by atoms with Gasteiger partial charge in [-0.15, -0.1) is 0 Å². The summed E-state index contributed by atoms with van der Waals surface area (Å²) < 4.78 is 4.75. The summed E-state index contributed by atoms with van der Waals surface area (Å²) in [5.74, 6) is -1.16. The van der Waals surface area contributed by atoms with Crippen molar-refractivity contribution in [2.24, 2.45) is 5.16 Å². The first-order valence-electron chi connectivity index (χ1n) is 5.69. The van der Waals surface area contributed by atoms with Crippen LogP contribution < -0.4 is 0 Å². The molecule has 5 nitrogen and oxygen atoms in total. The summed E-state index contributed by atoms with van der Waals surface area (Å²) in [6, 6.07) is 0. The van der Waals surface area contributed by atoms with Crippen molar-refractivity contribution >= 4 is 33.4 Å². The van der Waals surface area contributed by atoms with E-state index in [9.17, 15) is 9.59 Å². The molecule has 0 spiro atoms. The number of nitrogens with zero attached hydrogens (tertiary/aromatic N) is 1. The van der Waals surface area contributed by atoms with Gasteiger partial charge in [0.1, 0.15) is 6.10 Å². The fourth-order valence-corrected chi connectivity index (χ4v) is 1.85. The van der Waals surface area contributed by atoms with Crippen molar-refractivity contribution in [1.82, 2.24) is 0 Å². The van der Waals surface area contributed by atoms with Crippen molar-refractivity contribution in [2.45, 2.75) is 38.7 Å². The zero-order valence-corrected chi connectivity index (χ0v) is 11.4. The van der Waals surface area contributed by atoms with Crippen LogP contribution in [0.3, 0.4) is 0 Å². The van der Waals surface area contributed by atoms with Crippen LogP contribution in [0.1, 0.15) is 32.6 Å². The highest BCUT2D eigenvalue weighted by atomic mass is 79.9. The standard InChI is InChI=1S/C11H16BrNO4/c1-2-16-11(15)10(9(14)7-12)13-17-8-5-3-4-6-8/h8H,2-7H2,1H3/b13-10+. The first kappa shape index (κ1) is 14.2. The molecule has 0 aromatic carbocycles. The van der Waals surface area contributed by atoms with Crippen LogP contribution in [-0.4, -0.2) is 35.5 Å². The van der Waals surface area contributed by atoms with Crippen molar-refractivity contribution in [3.63, 3.8) is 0 Å². The number of esters is 1. The SMILES string of the molecule is CCOC(=O)/C(=N/OC1CCCC1)C(=O)CBr. The number of carbonyl (C=O) groups is 2. The van der Waals surface area contributed by atoms with Gasteiger partial charge in [-0.3, -0.25) is 4.79 Å². The third kappa shape index (κ3) is 4.46. The summed E-state index contributed by atoms with van der Waals surface area (Å²) in [5.41, 5.74) is -0.268. The zero-order valence-electron chi connectivity index (χ0n) is 9.78. The van der Waals surface area contributed by atoms with E-state index in [1.54, 1.807) is 6.92 Å². The second-order valence-electron chi connectivity index (χ2n) is 3.73. The number of ketones is 1. The van der Waals surface area contributed by atoms with Crippen LogP contribution in [0.15, 0.2) is 5.16 Å². The molecule has 0 bridgehead atoms. The molecule has 17 heavy (non-hydrogen) atoms. The smallest absolute Gasteiger partial charge is 0.364 e. The van der Waals surface area contributed by atoms with Gasteiger partial charge in [0.05, 0.1) is 11.9 Å². The van der Waals surface area contributed by atoms with Crippen molar-refractivity contribution in [2.75, 3.05) is 11.9 Å². The lowest BCUT2D eigenvalue weighted by atomic mass is 10.3. The van der Waals surface area contributed by atoms with Crippen LogP contribution in [0.25, 0.3) is 0 Å². The summed E-state index contributed by atoms with van der Waals surface area (Å²) in [5, 5.41) is 3.68. The quantitative estimate of drug-likeness (QED) is 0.247. The maximum atomic E-state index is 11.5. The van der Waals surface area contributed by atoms with Gasteiger partial charge in [0.2, 0.25) is 11.5 Å². The lowest BCUT2D eigenvalue weighted by molar-refractivity contribution is -0.136. The Balaban J connectivity index is 2.63. The van der Waals surface area contributed by atoms with Gasteiger partial charge in [0.15, 0.2) is 0 Å². The van der Waals surface area contributed by atoms with Crippen LogP contribution in [0.2, 0.25) is 0 Å². The minimum Gasteiger partial charge on any atom is -0.461 e. The minimum absolute atomic E-state index is 0.0163. The molecule has 6 heteroatoms. The van der Waals surface area contributed by atoms with Crippen molar-refractivity contribution in [3.05, 3.63) is 0 Å². The Morgan fingerprint density at radius 3 is 2.53 bits per heavy atom. The summed E-state index contributed by atoms with van der Waals surface area (Å²) in [6.45, 7) is 1.88. The Labute approximate surface area is 109 Å². The average Bonchev–Trinajstić information content (AvgIpc) is 2.82. The molecule has 0 atom stereocenters. The minimum atomic E-state index is -0.727. The number of hydrogen-bond acceptors (Lipinski definition) is 5. The fourth-order valence-electron chi connectivity index (χ4n) is 1.59. The molecule has 0 N–H and O–H groups in total. The lowest BCUT2D eigenvalue weighted by Gasteiger charge is -2.08. The molecule has 0 aromatic heterocycles. The second kappa shape index (κ2) is 7.42. The number of halogens is 1. The highest BCUT2D eigenvalue weighted by molar-refractivity contribution is 9.09. The van der Waals surface area contributed by atoms with E-state index in [0.717, 1.165) is 25.7 Å². The van der Waals surface area contributed by atoms with E-state index in [1.165, 1.54) is 0 Å². The lowest BCUT2D eigenvalue weighted by Crippen LogP contribution is -2.28. The molecular weight excluding hydrogens is 290 g/mol. The van der Waals surface area contributed by atoms with Crippen molar-refractivity contribution in [1.29, 1.82) is 0 Å². The predicted octanol–water partition coefficient (Wildman–Crippen LogP) is 1.83. The second-order valence-corrected chi connectivity index (χ2v) is 4.29. The van der Waals surface area contributed by atoms with Gasteiger partial charge in [0, 0.05) is 0 Å². The van der Waals surface area contributed by atoms with Crippen LogP contribution in [0, 0.1) is 0 Å². The normalized spacial score (nSPS) is 16.9. The molecule has 1 rings (SSSR count). The van der Waals surface area contributed by atoms with Crippen molar-refractivity contribution in [3.8, 4) is 0 Å². The number of rotatable bonds is 6. The van der Waals surface area contributed by atoms with Gasteiger partial charge < -0.3 is 9.57 Å². The Morgan fingerprint density at radius 2 is 2.00 bits per heavy atom.